The molecule has 104 valence electrons. The van der Waals surface area contributed by atoms with Gasteiger partial charge in [0.25, 0.3) is 0 Å². The van der Waals surface area contributed by atoms with Gasteiger partial charge in [-0.15, -0.1) is 0 Å². The molecular formula is C17H11ClO3. The van der Waals surface area contributed by atoms with Crippen molar-refractivity contribution in [2.24, 2.45) is 0 Å². The minimum absolute atomic E-state index is 0.204. The van der Waals surface area contributed by atoms with E-state index in [1.807, 2.05) is 18.2 Å². The summed E-state index contributed by atoms with van der Waals surface area (Å²) >= 11 is 5.85. The number of benzene rings is 1. The van der Waals surface area contributed by atoms with Crippen LogP contribution in [0, 0.1) is 0 Å². The van der Waals surface area contributed by atoms with Gasteiger partial charge in [-0.1, -0.05) is 11.6 Å². The van der Waals surface area contributed by atoms with Crippen LogP contribution >= 0.6 is 11.6 Å². The van der Waals surface area contributed by atoms with Gasteiger partial charge in [-0.3, -0.25) is 4.79 Å². The first-order valence-electron chi connectivity index (χ1n) is 6.34. The second kappa shape index (κ2) is 5.85. The van der Waals surface area contributed by atoms with Gasteiger partial charge in [0.1, 0.15) is 11.5 Å². The SMILES string of the molecule is O=C(/C=C/c1ccc(-c2ccc(Cl)cc2)o1)c1ccco1. The molecule has 1 aromatic carbocycles. The largest absolute Gasteiger partial charge is 0.461 e. The maximum atomic E-state index is 11.8. The second-order valence-electron chi connectivity index (χ2n) is 4.38. The summed E-state index contributed by atoms with van der Waals surface area (Å²) in [5.74, 6) is 1.41. The van der Waals surface area contributed by atoms with Crippen molar-refractivity contribution in [1.82, 2.24) is 0 Å². The van der Waals surface area contributed by atoms with Crippen molar-refractivity contribution in [3.05, 3.63) is 77.4 Å². The molecule has 21 heavy (non-hydrogen) atoms. The Morgan fingerprint density at radius 2 is 1.86 bits per heavy atom. The molecule has 0 amide bonds. The van der Waals surface area contributed by atoms with Crippen molar-refractivity contribution in [3.8, 4) is 11.3 Å². The third-order valence-corrected chi connectivity index (χ3v) is 3.17. The Labute approximate surface area is 126 Å². The number of carbonyl (C=O) groups is 1. The van der Waals surface area contributed by atoms with Gasteiger partial charge in [0.05, 0.1) is 6.26 Å². The number of allylic oxidation sites excluding steroid dienone is 1. The summed E-state index contributed by atoms with van der Waals surface area (Å²) < 4.78 is 10.7. The Morgan fingerprint density at radius 1 is 1.05 bits per heavy atom. The average molecular weight is 299 g/mol. The summed E-state index contributed by atoms with van der Waals surface area (Å²) in [6, 6.07) is 14.3. The molecule has 0 unspecified atom stereocenters. The van der Waals surface area contributed by atoms with E-state index in [-0.39, 0.29) is 5.78 Å². The maximum absolute atomic E-state index is 11.8. The first-order chi connectivity index (χ1) is 10.2. The van der Waals surface area contributed by atoms with Gasteiger partial charge in [-0.05, 0) is 60.7 Å². The molecule has 3 nitrogen and oxygen atoms in total. The number of hydrogen-bond acceptors (Lipinski definition) is 3. The quantitative estimate of drug-likeness (QED) is 0.498. The van der Waals surface area contributed by atoms with E-state index >= 15 is 0 Å². The number of rotatable bonds is 4. The highest BCUT2D eigenvalue weighted by atomic mass is 35.5. The molecule has 0 radical (unpaired) electrons. The van der Waals surface area contributed by atoms with Gasteiger partial charge in [-0.2, -0.15) is 0 Å². The number of ketones is 1. The molecule has 4 heteroatoms. The number of carbonyl (C=O) groups excluding carboxylic acids is 1. The maximum Gasteiger partial charge on any atom is 0.221 e. The molecule has 0 bridgehead atoms. The normalized spacial score (nSPS) is 11.1. The van der Waals surface area contributed by atoms with E-state index < -0.39 is 0 Å². The summed E-state index contributed by atoms with van der Waals surface area (Å²) in [5, 5.41) is 0.675. The Hall–Kier alpha value is -2.52. The Balaban J connectivity index is 1.76. The van der Waals surface area contributed by atoms with Crippen LogP contribution < -0.4 is 0 Å². The predicted molar refractivity (Wildman–Crippen MR) is 81.2 cm³/mol. The Bertz CT molecular complexity index is 765. The van der Waals surface area contributed by atoms with Gasteiger partial charge in [0.2, 0.25) is 5.78 Å². The van der Waals surface area contributed by atoms with Gasteiger partial charge in [-0.25, -0.2) is 0 Å². The fourth-order valence-corrected chi connectivity index (χ4v) is 2.00. The van der Waals surface area contributed by atoms with Crippen LogP contribution in [0.5, 0.6) is 0 Å². The number of furan rings is 2. The minimum Gasteiger partial charge on any atom is -0.461 e. The predicted octanol–water partition coefficient (Wildman–Crippen LogP) is 5.09. The smallest absolute Gasteiger partial charge is 0.221 e. The highest BCUT2D eigenvalue weighted by Crippen LogP contribution is 2.24. The third kappa shape index (κ3) is 3.15. The molecular weight excluding hydrogens is 288 g/mol. The zero-order chi connectivity index (χ0) is 14.7. The molecule has 0 aliphatic rings. The fraction of sp³-hybridized carbons (Fsp3) is 0. The van der Waals surface area contributed by atoms with Crippen LogP contribution in [0.4, 0.5) is 0 Å². The molecule has 2 aromatic heterocycles. The molecule has 0 saturated carbocycles. The van der Waals surface area contributed by atoms with E-state index in [9.17, 15) is 4.79 Å². The molecule has 0 spiro atoms. The van der Waals surface area contributed by atoms with Crippen molar-refractivity contribution in [2.75, 3.05) is 0 Å². The topological polar surface area (TPSA) is 43.4 Å². The molecule has 0 fully saturated rings. The summed E-state index contributed by atoms with van der Waals surface area (Å²) in [6.07, 6.45) is 4.50. The highest BCUT2D eigenvalue weighted by Gasteiger charge is 2.06. The Morgan fingerprint density at radius 3 is 2.57 bits per heavy atom. The lowest BCUT2D eigenvalue weighted by Crippen LogP contribution is -1.89. The first kappa shape index (κ1) is 13.5. The van der Waals surface area contributed by atoms with E-state index in [1.54, 1.807) is 36.4 Å². The lowest BCUT2D eigenvalue weighted by Gasteiger charge is -1.96. The molecule has 0 saturated heterocycles. The second-order valence-corrected chi connectivity index (χ2v) is 4.82. The summed E-state index contributed by atoms with van der Waals surface area (Å²) in [6.45, 7) is 0. The Kier molecular flexibility index (Phi) is 3.75. The number of halogens is 1. The van der Waals surface area contributed by atoms with Crippen LogP contribution in [-0.2, 0) is 0 Å². The van der Waals surface area contributed by atoms with Crippen molar-refractivity contribution in [3.63, 3.8) is 0 Å². The van der Waals surface area contributed by atoms with E-state index in [2.05, 4.69) is 0 Å². The third-order valence-electron chi connectivity index (χ3n) is 2.92. The molecule has 2 heterocycles. The van der Waals surface area contributed by atoms with E-state index in [0.717, 1.165) is 11.3 Å². The van der Waals surface area contributed by atoms with Gasteiger partial charge in [0, 0.05) is 10.6 Å². The van der Waals surface area contributed by atoms with Crippen molar-refractivity contribution in [2.45, 2.75) is 0 Å². The van der Waals surface area contributed by atoms with Crippen LogP contribution in [0.1, 0.15) is 16.3 Å². The lowest BCUT2D eigenvalue weighted by molar-refractivity contribution is 0.102. The zero-order valence-corrected chi connectivity index (χ0v) is 11.7. The van der Waals surface area contributed by atoms with Crippen molar-refractivity contribution < 1.29 is 13.6 Å². The first-order valence-corrected chi connectivity index (χ1v) is 6.72. The van der Waals surface area contributed by atoms with Crippen LogP contribution in [0.3, 0.4) is 0 Å². The van der Waals surface area contributed by atoms with Crippen molar-refractivity contribution >= 4 is 23.5 Å². The molecule has 0 aliphatic heterocycles. The van der Waals surface area contributed by atoms with E-state index in [4.69, 9.17) is 20.4 Å². The molecule has 0 atom stereocenters. The van der Waals surface area contributed by atoms with Crippen LogP contribution in [0.25, 0.3) is 17.4 Å². The zero-order valence-electron chi connectivity index (χ0n) is 11.0. The van der Waals surface area contributed by atoms with Crippen LogP contribution in [0.15, 0.2) is 69.7 Å². The van der Waals surface area contributed by atoms with E-state index in [0.29, 0.717) is 16.5 Å². The van der Waals surface area contributed by atoms with Gasteiger partial charge >= 0.3 is 0 Å². The molecule has 0 aliphatic carbocycles. The van der Waals surface area contributed by atoms with Gasteiger partial charge in [0.15, 0.2) is 5.76 Å². The standard InChI is InChI=1S/C17H11ClO3/c18-13-5-3-12(4-6-13)16-10-8-14(21-16)7-9-15(19)17-2-1-11-20-17/h1-11H/b9-7+. The lowest BCUT2D eigenvalue weighted by atomic mass is 10.2. The fourth-order valence-electron chi connectivity index (χ4n) is 1.87. The van der Waals surface area contributed by atoms with Gasteiger partial charge < -0.3 is 8.83 Å². The highest BCUT2D eigenvalue weighted by molar-refractivity contribution is 6.30. The van der Waals surface area contributed by atoms with Crippen LogP contribution in [-0.4, -0.2) is 5.78 Å². The summed E-state index contributed by atoms with van der Waals surface area (Å²) in [4.78, 5) is 11.8. The minimum atomic E-state index is -0.204. The molecule has 0 N–H and O–H groups in total. The monoisotopic (exact) mass is 298 g/mol. The van der Waals surface area contributed by atoms with Crippen LogP contribution in [0.2, 0.25) is 5.02 Å². The molecule has 3 rings (SSSR count). The average Bonchev–Trinajstić information content (AvgIpc) is 3.17. The number of hydrogen-bond donors (Lipinski definition) is 0. The summed E-state index contributed by atoms with van der Waals surface area (Å²) in [5.41, 5.74) is 0.927. The molecule has 3 aromatic rings. The van der Waals surface area contributed by atoms with E-state index in [1.165, 1.54) is 12.3 Å². The summed E-state index contributed by atoms with van der Waals surface area (Å²) in [7, 11) is 0. The van der Waals surface area contributed by atoms with Crippen molar-refractivity contribution in [1.29, 1.82) is 0 Å².